The number of carbonyl (C=O) groups excluding carboxylic acids is 1. The van der Waals surface area contributed by atoms with Gasteiger partial charge < -0.3 is 15.4 Å². The largest absolute Gasteiger partial charge is 0.383 e. The molecule has 0 unspecified atom stereocenters. The van der Waals surface area contributed by atoms with Gasteiger partial charge in [-0.25, -0.2) is 0 Å². The second-order valence-electron chi connectivity index (χ2n) is 3.42. The lowest BCUT2D eigenvalue weighted by molar-refractivity contribution is -0.120. The second kappa shape index (κ2) is 5.94. The van der Waals surface area contributed by atoms with Crippen LogP contribution in [0.5, 0.6) is 0 Å². The van der Waals surface area contributed by atoms with E-state index in [4.69, 9.17) is 4.74 Å². The summed E-state index contributed by atoms with van der Waals surface area (Å²) in [7, 11) is 1.62. The van der Waals surface area contributed by atoms with E-state index >= 15 is 0 Å². The van der Waals surface area contributed by atoms with Gasteiger partial charge in [-0.05, 0) is 25.3 Å². The molecule has 1 fully saturated rings. The third-order valence-corrected chi connectivity index (χ3v) is 2.04. The van der Waals surface area contributed by atoms with E-state index in [0.717, 1.165) is 12.5 Å². The lowest BCUT2D eigenvalue weighted by atomic mass is 10.4. The maximum atomic E-state index is 11.1. The maximum absolute atomic E-state index is 11.1. The van der Waals surface area contributed by atoms with Crippen molar-refractivity contribution in [2.75, 3.05) is 33.4 Å². The number of amides is 1. The molecule has 1 saturated carbocycles. The van der Waals surface area contributed by atoms with Crippen molar-refractivity contribution >= 4 is 5.91 Å². The fourth-order valence-corrected chi connectivity index (χ4v) is 1.07. The van der Waals surface area contributed by atoms with Gasteiger partial charge in [0.2, 0.25) is 5.91 Å². The van der Waals surface area contributed by atoms with Crippen LogP contribution in [0.15, 0.2) is 0 Å². The Hall–Kier alpha value is -0.610. The quantitative estimate of drug-likeness (QED) is 0.539. The first kappa shape index (κ1) is 10.5. The molecule has 0 saturated heterocycles. The van der Waals surface area contributed by atoms with Crippen LogP contribution in [-0.4, -0.2) is 39.3 Å². The van der Waals surface area contributed by atoms with Crippen molar-refractivity contribution < 1.29 is 9.53 Å². The Morgan fingerprint density at radius 1 is 1.54 bits per heavy atom. The average Bonchev–Trinajstić information content (AvgIpc) is 2.89. The summed E-state index contributed by atoms with van der Waals surface area (Å²) in [6.07, 6.45) is 2.64. The minimum atomic E-state index is 0.0534. The Kier molecular flexibility index (Phi) is 4.78. The number of nitrogens with one attached hydrogen (secondary N) is 2. The van der Waals surface area contributed by atoms with Crippen LogP contribution in [0.4, 0.5) is 0 Å². The van der Waals surface area contributed by atoms with E-state index in [1.54, 1.807) is 7.11 Å². The van der Waals surface area contributed by atoms with Crippen LogP contribution in [0.1, 0.15) is 12.8 Å². The van der Waals surface area contributed by atoms with Crippen molar-refractivity contribution in [1.82, 2.24) is 10.6 Å². The highest BCUT2D eigenvalue weighted by Crippen LogP contribution is 2.27. The zero-order valence-corrected chi connectivity index (χ0v) is 8.14. The summed E-state index contributed by atoms with van der Waals surface area (Å²) in [5, 5.41) is 5.87. The highest BCUT2D eigenvalue weighted by atomic mass is 16.5. The topological polar surface area (TPSA) is 50.4 Å². The van der Waals surface area contributed by atoms with Gasteiger partial charge in [0, 0.05) is 13.7 Å². The summed E-state index contributed by atoms with van der Waals surface area (Å²) in [4.78, 5) is 11.1. The van der Waals surface area contributed by atoms with Crippen molar-refractivity contribution in [3.8, 4) is 0 Å². The first-order valence-electron chi connectivity index (χ1n) is 4.79. The van der Waals surface area contributed by atoms with Gasteiger partial charge in [0.25, 0.3) is 0 Å². The van der Waals surface area contributed by atoms with Crippen LogP contribution >= 0.6 is 0 Å². The number of ether oxygens (including phenoxy) is 1. The van der Waals surface area contributed by atoms with Crippen LogP contribution in [0.3, 0.4) is 0 Å². The van der Waals surface area contributed by atoms with Crippen molar-refractivity contribution in [2.24, 2.45) is 5.92 Å². The first-order chi connectivity index (χ1) is 6.33. The number of hydrogen-bond acceptors (Lipinski definition) is 3. The standard InChI is InChI=1S/C9H18N2O2/c1-13-5-4-11-9(12)7-10-6-8-2-3-8/h8,10H,2-7H2,1H3,(H,11,12). The Balaban J connectivity index is 1.84. The summed E-state index contributed by atoms with van der Waals surface area (Å²) in [5.74, 6) is 0.879. The molecule has 1 amide bonds. The normalized spacial score (nSPS) is 15.8. The molecule has 1 aliphatic rings. The minimum absolute atomic E-state index is 0.0534. The van der Waals surface area contributed by atoms with E-state index in [0.29, 0.717) is 19.7 Å². The molecule has 0 aliphatic heterocycles. The molecule has 13 heavy (non-hydrogen) atoms. The summed E-state index contributed by atoms with van der Waals surface area (Å²) < 4.78 is 4.81. The van der Waals surface area contributed by atoms with Gasteiger partial charge in [0.1, 0.15) is 0 Å². The third kappa shape index (κ3) is 5.60. The van der Waals surface area contributed by atoms with Gasteiger partial charge in [-0.3, -0.25) is 4.79 Å². The second-order valence-corrected chi connectivity index (χ2v) is 3.42. The SMILES string of the molecule is COCCNC(=O)CNCC1CC1. The molecule has 4 nitrogen and oxygen atoms in total. The molecule has 1 rings (SSSR count). The maximum Gasteiger partial charge on any atom is 0.234 e. The molecule has 76 valence electrons. The van der Waals surface area contributed by atoms with Gasteiger partial charge >= 0.3 is 0 Å². The van der Waals surface area contributed by atoms with Crippen LogP contribution in [0.25, 0.3) is 0 Å². The van der Waals surface area contributed by atoms with Crippen LogP contribution < -0.4 is 10.6 Å². The molecule has 4 heteroatoms. The number of hydrogen-bond donors (Lipinski definition) is 2. The van der Waals surface area contributed by atoms with E-state index in [-0.39, 0.29) is 5.91 Å². The fraction of sp³-hybridized carbons (Fsp3) is 0.889. The summed E-state index contributed by atoms with van der Waals surface area (Å²) in [6.45, 7) is 2.59. The molecule has 0 bridgehead atoms. The summed E-state index contributed by atoms with van der Waals surface area (Å²) in [6, 6.07) is 0. The van der Waals surface area contributed by atoms with Gasteiger partial charge in [-0.15, -0.1) is 0 Å². The van der Waals surface area contributed by atoms with E-state index in [2.05, 4.69) is 10.6 Å². The average molecular weight is 186 g/mol. The first-order valence-corrected chi connectivity index (χ1v) is 4.79. The zero-order chi connectivity index (χ0) is 9.52. The number of rotatable bonds is 7. The van der Waals surface area contributed by atoms with Crippen LogP contribution in [0.2, 0.25) is 0 Å². The number of carbonyl (C=O) groups is 1. The van der Waals surface area contributed by atoms with Crippen LogP contribution in [0, 0.1) is 5.92 Å². The third-order valence-electron chi connectivity index (χ3n) is 2.04. The molecule has 1 aliphatic carbocycles. The molecule has 0 radical (unpaired) electrons. The molecule has 0 aromatic carbocycles. The lowest BCUT2D eigenvalue weighted by Crippen LogP contribution is -2.36. The summed E-state index contributed by atoms with van der Waals surface area (Å²) >= 11 is 0. The fourth-order valence-electron chi connectivity index (χ4n) is 1.07. The van der Waals surface area contributed by atoms with E-state index in [1.165, 1.54) is 12.8 Å². The lowest BCUT2D eigenvalue weighted by Gasteiger charge is -2.05. The molecule has 0 aromatic heterocycles. The predicted octanol–water partition coefficient (Wildman–Crippen LogP) is -0.251. The molecule has 0 heterocycles. The highest BCUT2D eigenvalue weighted by molar-refractivity contribution is 5.77. The minimum Gasteiger partial charge on any atom is -0.383 e. The Morgan fingerprint density at radius 3 is 2.92 bits per heavy atom. The Bertz CT molecular complexity index is 158. The van der Waals surface area contributed by atoms with Crippen molar-refractivity contribution in [1.29, 1.82) is 0 Å². The van der Waals surface area contributed by atoms with E-state index in [1.807, 2.05) is 0 Å². The van der Waals surface area contributed by atoms with E-state index in [9.17, 15) is 4.79 Å². The van der Waals surface area contributed by atoms with Crippen molar-refractivity contribution in [3.05, 3.63) is 0 Å². The Labute approximate surface area is 79.0 Å². The van der Waals surface area contributed by atoms with Gasteiger partial charge in [-0.1, -0.05) is 0 Å². The van der Waals surface area contributed by atoms with Gasteiger partial charge in [0.15, 0.2) is 0 Å². The predicted molar refractivity (Wildman–Crippen MR) is 50.5 cm³/mol. The molecular weight excluding hydrogens is 168 g/mol. The van der Waals surface area contributed by atoms with Crippen molar-refractivity contribution in [2.45, 2.75) is 12.8 Å². The Morgan fingerprint density at radius 2 is 2.31 bits per heavy atom. The molecule has 0 atom stereocenters. The van der Waals surface area contributed by atoms with Gasteiger partial charge in [-0.2, -0.15) is 0 Å². The van der Waals surface area contributed by atoms with Crippen molar-refractivity contribution in [3.63, 3.8) is 0 Å². The monoisotopic (exact) mass is 186 g/mol. The number of methoxy groups -OCH3 is 1. The molecule has 0 aromatic rings. The molecule has 2 N–H and O–H groups in total. The van der Waals surface area contributed by atoms with Gasteiger partial charge in [0.05, 0.1) is 13.2 Å². The van der Waals surface area contributed by atoms with Crippen LogP contribution in [-0.2, 0) is 9.53 Å². The van der Waals surface area contributed by atoms with E-state index < -0.39 is 0 Å². The smallest absolute Gasteiger partial charge is 0.234 e. The zero-order valence-electron chi connectivity index (χ0n) is 8.14. The molecular formula is C9H18N2O2. The summed E-state index contributed by atoms with van der Waals surface area (Å²) in [5.41, 5.74) is 0. The highest BCUT2D eigenvalue weighted by Gasteiger charge is 2.20. The molecule has 0 spiro atoms.